The molecule has 0 aliphatic rings. The van der Waals surface area contributed by atoms with Crippen molar-refractivity contribution in [1.82, 2.24) is 0 Å². The molecule has 0 aromatic heterocycles. The van der Waals surface area contributed by atoms with Gasteiger partial charge in [-0.2, -0.15) is 0 Å². The number of rotatable bonds is 1. The molecule has 0 aliphatic carbocycles. The second-order valence-electron chi connectivity index (χ2n) is 1.92. The molecule has 0 saturated heterocycles. The number of benzene rings is 1. The SMILES string of the molecule is Oc1ccc(CBr)cc1Cl. The van der Waals surface area contributed by atoms with Gasteiger partial charge in [-0.3, -0.25) is 0 Å². The van der Waals surface area contributed by atoms with Gasteiger partial charge < -0.3 is 5.11 Å². The van der Waals surface area contributed by atoms with Gasteiger partial charge in [0.25, 0.3) is 0 Å². The summed E-state index contributed by atoms with van der Waals surface area (Å²) < 4.78 is 0. The zero-order valence-electron chi connectivity index (χ0n) is 5.14. The first-order valence-electron chi connectivity index (χ1n) is 2.77. The summed E-state index contributed by atoms with van der Waals surface area (Å²) in [7, 11) is 0. The maximum absolute atomic E-state index is 8.99. The molecule has 1 aromatic rings. The highest BCUT2D eigenvalue weighted by atomic mass is 79.9. The number of hydrogen-bond acceptors (Lipinski definition) is 1. The third kappa shape index (κ3) is 1.64. The molecule has 1 nitrogen and oxygen atoms in total. The van der Waals surface area contributed by atoms with Gasteiger partial charge in [-0.15, -0.1) is 0 Å². The minimum atomic E-state index is 0.131. The lowest BCUT2D eigenvalue weighted by Crippen LogP contribution is -1.75. The van der Waals surface area contributed by atoms with Gasteiger partial charge in [-0.25, -0.2) is 0 Å². The number of alkyl halides is 1. The van der Waals surface area contributed by atoms with E-state index in [1.807, 2.05) is 6.07 Å². The largest absolute Gasteiger partial charge is 0.506 e. The number of halogens is 2. The molecule has 54 valence electrons. The second kappa shape index (κ2) is 3.26. The minimum absolute atomic E-state index is 0.131. The van der Waals surface area contributed by atoms with Crippen molar-refractivity contribution in [3.63, 3.8) is 0 Å². The molecule has 0 amide bonds. The van der Waals surface area contributed by atoms with Crippen LogP contribution in [0.5, 0.6) is 5.75 Å². The van der Waals surface area contributed by atoms with Crippen LogP contribution >= 0.6 is 27.5 Å². The Morgan fingerprint density at radius 3 is 2.70 bits per heavy atom. The molecule has 0 atom stereocenters. The van der Waals surface area contributed by atoms with Crippen LogP contribution in [-0.2, 0) is 5.33 Å². The van der Waals surface area contributed by atoms with Gasteiger partial charge in [0, 0.05) is 5.33 Å². The number of phenols is 1. The fraction of sp³-hybridized carbons (Fsp3) is 0.143. The standard InChI is InChI=1S/C7H6BrClO/c8-4-5-1-2-7(10)6(9)3-5/h1-3,10H,4H2. The molecule has 0 radical (unpaired) electrons. The topological polar surface area (TPSA) is 20.2 Å². The van der Waals surface area contributed by atoms with Crippen molar-refractivity contribution >= 4 is 27.5 Å². The molecule has 1 N–H and O–H groups in total. The predicted octanol–water partition coefficient (Wildman–Crippen LogP) is 2.94. The van der Waals surface area contributed by atoms with Gasteiger partial charge in [0.15, 0.2) is 0 Å². The lowest BCUT2D eigenvalue weighted by Gasteiger charge is -1.97. The maximum atomic E-state index is 8.99. The van der Waals surface area contributed by atoms with Gasteiger partial charge in [0.2, 0.25) is 0 Å². The Hall–Kier alpha value is -0.210. The third-order valence-corrected chi connectivity index (χ3v) is 2.12. The number of hydrogen-bond donors (Lipinski definition) is 1. The first-order chi connectivity index (χ1) is 4.74. The Labute approximate surface area is 72.8 Å². The molecule has 1 rings (SSSR count). The summed E-state index contributed by atoms with van der Waals surface area (Å²) in [4.78, 5) is 0. The van der Waals surface area contributed by atoms with Crippen LogP contribution in [0.2, 0.25) is 5.02 Å². The van der Waals surface area contributed by atoms with Crippen molar-refractivity contribution in [2.75, 3.05) is 0 Å². The lowest BCUT2D eigenvalue weighted by molar-refractivity contribution is 0.475. The fourth-order valence-electron chi connectivity index (χ4n) is 0.634. The summed E-state index contributed by atoms with van der Waals surface area (Å²) in [5.74, 6) is 0.131. The Kier molecular flexibility index (Phi) is 2.57. The van der Waals surface area contributed by atoms with Crippen LogP contribution in [0, 0.1) is 0 Å². The number of phenolic OH excluding ortho intramolecular Hbond substituents is 1. The molecule has 10 heavy (non-hydrogen) atoms. The van der Waals surface area contributed by atoms with E-state index in [4.69, 9.17) is 16.7 Å². The Bertz CT molecular complexity index is 237. The average Bonchev–Trinajstić information content (AvgIpc) is 1.95. The second-order valence-corrected chi connectivity index (χ2v) is 2.89. The predicted molar refractivity (Wildman–Crippen MR) is 45.7 cm³/mol. The van der Waals surface area contributed by atoms with E-state index < -0.39 is 0 Å². The minimum Gasteiger partial charge on any atom is -0.506 e. The van der Waals surface area contributed by atoms with Crippen molar-refractivity contribution in [2.24, 2.45) is 0 Å². The molecular formula is C7H6BrClO. The summed E-state index contributed by atoms with van der Waals surface area (Å²) in [6, 6.07) is 5.13. The van der Waals surface area contributed by atoms with Crippen LogP contribution in [0.15, 0.2) is 18.2 Å². The lowest BCUT2D eigenvalue weighted by atomic mass is 10.2. The molecule has 1 aromatic carbocycles. The molecule has 0 unspecified atom stereocenters. The molecule has 0 spiro atoms. The summed E-state index contributed by atoms with van der Waals surface area (Å²) in [6.07, 6.45) is 0. The first kappa shape index (κ1) is 7.89. The third-order valence-electron chi connectivity index (χ3n) is 1.17. The van der Waals surface area contributed by atoms with E-state index in [1.54, 1.807) is 12.1 Å². The Balaban J connectivity index is 3.04. The molecule has 0 saturated carbocycles. The van der Waals surface area contributed by atoms with E-state index in [-0.39, 0.29) is 5.75 Å². The molecule has 3 heteroatoms. The zero-order valence-corrected chi connectivity index (χ0v) is 7.48. The van der Waals surface area contributed by atoms with E-state index in [0.717, 1.165) is 10.9 Å². The van der Waals surface area contributed by atoms with Crippen LogP contribution in [0.3, 0.4) is 0 Å². The van der Waals surface area contributed by atoms with E-state index in [9.17, 15) is 0 Å². The van der Waals surface area contributed by atoms with Gasteiger partial charge in [0.05, 0.1) is 5.02 Å². The highest BCUT2D eigenvalue weighted by molar-refractivity contribution is 9.08. The molecule has 0 heterocycles. The van der Waals surface area contributed by atoms with Gasteiger partial charge >= 0.3 is 0 Å². The van der Waals surface area contributed by atoms with Gasteiger partial charge in [-0.1, -0.05) is 33.6 Å². The quantitative estimate of drug-likeness (QED) is 0.723. The highest BCUT2D eigenvalue weighted by Gasteiger charge is 1.97. The van der Waals surface area contributed by atoms with E-state index in [0.29, 0.717) is 5.02 Å². The smallest absolute Gasteiger partial charge is 0.134 e. The highest BCUT2D eigenvalue weighted by Crippen LogP contribution is 2.24. The average molecular weight is 221 g/mol. The maximum Gasteiger partial charge on any atom is 0.134 e. The van der Waals surface area contributed by atoms with Crippen molar-refractivity contribution in [2.45, 2.75) is 5.33 Å². The first-order valence-corrected chi connectivity index (χ1v) is 4.27. The fourth-order valence-corrected chi connectivity index (χ4v) is 1.19. The van der Waals surface area contributed by atoms with Crippen molar-refractivity contribution < 1.29 is 5.11 Å². The van der Waals surface area contributed by atoms with E-state index in [1.165, 1.54) is 0 Å². The Morgan fingerprint density at radius 2 is 2.20 bits per heavy atom. The van der Waals surface area contributed by atoms with Crippen molar-refractivity contribution in [3.8, 4) is 5.75 Å². The summed E-state index contributed by atoms with van der Waals surface area (Å²) >= 11 is 8.90. The normalized spacial score (nSPS) is 9.80. The van der Waals surface area contributed by atoms with Crippen LogP contribution in [0.1, 0.15) is 5.56 Å². The van der Waals surface area contributed by atoms with E-state index in [2.05, 4.69) is 15.9 Å². The monoisotopic (exact) mass is 220 g/mol. The van der Waals surface area contributed by atoms with Gasteiger partial charge in [-0.05, 0) is 17.7 Å². The molecular weight excluding hydrogens is 215 g/mol. The van der Waals surface area contributed by atoms with Crippen LogP contribution in [0.4, 0.5) is 0 Å². The Morgan fingerprint density at radius 1 is 1.50 bits per heavy atom. The summed E-state index contributed by atoms with van der Waals surface area (Å²) in [6.45, 7) is 0. The van der Waals surface area contributed by atoms with Crippen LogP contribution in [0.25, 0.3) is 0 Å². The number of aromatic hydroxyl groups is 1. The van der Waals surface area contributed by atoms with Crippen LogP contribution in [-0.4, -0.2) is 5.11 Å². The summed E-state index contributed by atoms with van der Waals surface area (Å²) in [5, 5.41) is 10.1. The molecule has 0 fully saturated rings. The molecule has 0 aliphatic heterocycles. The van der Waals surface area contributed by atoms with Gasteiger partial charge in [0.1, 0.15) is 5.75 Å². The summed E-state index contributed by atoms with van der Waals surface area (Å²) in [5.41, 5.74) is 1.06. The molecule has 0 bridgehead atoms. The van der Waals surface area contributed by atoms with E-state index >= 15 is 0 Å². The van der Waals surface area contributed by atoms with Crippen molar-refractivity contribution in [1.29, 1.82) is 0 Å². The van der Waals surface area contributed by atoms with Crippen LogP contribution < -0.4 is 0 Å². The zero-order chi connectivity index (χ0) is 7.56. The van der Waals surface area contributed by atoms with Crippen molar-refractivity contribution in [3.05, 3.63) is 28.8 Å².